The predicted molar refractivity (Wildman–Crippen MR) is 144 cm³/mol. The van der Waals surface area contributed by atoms with E-state index in [9.17, 15) is 4.79 Å². The maximum Gasteiger partial charge on any atom is 0.241 e. The molecule has 1 aromatic heterocycles. The molecule has 1 fully saturated rings. The number of piperidine rings is 1. The summed E-state index contributed by atoms with van der Waals surface area (Å²) >= 11 is 0. The number of likely N-dealkylation sites (tertiary alicyclic amines) is 1. The number of carbonyl (C=O) groups excluding carboxylic acids is 1. The number of hydrogen-bond donors (Lipinski definition) is 1. The van der Waals surface area contributed by atoms with Crippen LogP contribution in [0.1, 0.15) is 50.6 Å². The zero-order chi connectivity index (χ0) is 27.1. The molecule has 3 aromatic rings. The molecular formula is C29H38N4O5. The first-order valence-electron chi connectivity index (χ1n) is 13.1. The average Bonchev–Trinajstić information content (AvgIpc) is 3.40. The standard InChI is InChI=1S/C29H38N4O5/c1-19(2)15-24(20-8-11-23(35-3)12-9-20)30-29(34)22-7-6-14-33(17-22)18-27-31-28(32-38-27)21-10-13-25(36-4)26(16-21)37-5/h8-13,16,19,22,24H,6-7,14-15,17-18H2,1-5H3,(H,30,34). The summed E-state index contributed by atoms with van der Waals surface area (Å²) in [6.45, 7) is 6.37. The van der Waals surface area contributed by atoms with Crippen LogP contribution >= 0.6 is 0 Å². The smallest absolute Gasteiger partial charge is 0.241 e. The van der Waals surface area contributed by atoms with E-state index in [1.807, 2.05) is 42.5 Å². The van der Waals surface area contributed by atoms with Crippen LogP contribution in [0.2, 0.25) is 0 Å². The molecule has 0 saturated carbocycles. The molecule has 0 spiro atoms. The lowest BCUT2D eigenvalue weighted by molar-refractivity contribution is -0.127. The van der Waals surface area contributed by atoms with Gasteiger partial charge < -0.3 is 24.1 Å². The molecule has 2 unspecified atom stereocenters. The van der Waals surface area contributed by atoms with Crippen LogP contribution in [0.4, 0.5) is 0 Å². The lowest BCUT2D eigenvalue weighted by atomic mass is 9.93. The van der Waals surface area contributed by atoms with Crippen LogP contribution in [-0.2, 0) is 11.3 Å². The highest BCUT2D eigenvalue weighted by Gasteiger charge is 2.29. The Bertz CT molecular complexity index is 1190. The van der Waals surface area contributed by atoms with Gasteiger partial charge in [0.05, 0.1) is 39.8 Å². The van der Waals surface area contributed by atoms with E-state index < -0.39 is 0 Å². The fourth-order valence-electron chi connectivity index (χ4n) is 4.89. The molecular weight excluding hydrogens is 484 g/mol. The first-order valence-corrected chi connectivity index (χ1v) is 13.1. The Balaban J connectivity index is 1.38. The van der Waals surface area contributed by atoms with Crippen LogP contribution < -0.4 is 19.5 Å². The lowest BCUT2D eigenvalue weighted by Crippen LogP contribution is -2.43. The summed E-state index contributed by atoms with van der Waals surface area (Å²) < 4.78 is 21.5. The zero-order valence-electron chi connectivity index (χ0n) is 22.9. The van der Waals surface area contributed by atoms with Crippen LogP contribution in [0.15, 0.2) is 47.0 Å². The van der Waals surface area contributed by atoms with E-state index in [1.54, 1.807) is 21.3 Å². The van der Waals surface area contributed by atoms with Crippen molar-refractivity contribution < 1.29 is 23.5 Å². The summed E-state index contributed by atoms with van der Waals surface area (Å²) in [6.07, 6.45) is 2.67. The Morgan fingerprint density at radius 2 is 1.84 bits per heavy atom. The molecule has 2 aromatic carbocycles. The van der Waals surface area contributed by atoms with E-state index in [1.165, 1.54) is 0 Å². The van der Waals surface area contributed by atoms with Crippen molar-refractivity contribution in [1.82, 2.24) is 20.4 Å². The molecule has 9 heteroatoms. The quantitative estimate of drug-likeness (QED) is 0.381. The molecule has 1 N–H and O–H groups in total. The van der Waals surface area contributed by atoms with Gasteiger partial charge in [-0.1, -0.05) is 31.1 Å². The van der Waals surface area contributed by atoms with Gasteiger partial charge in [0.1, 0.15) is 5.75 Å². The molecule has 1 saturated heterocycles. The van der Waals surface area contributed by atoms with Crippen molar-refractivity contribution in [3.05, 3.63) is 53.9 Å². The SMILES string of the molecule is COc1ccc(C(CC(C)C)NC(=O)C2CCCN(Cc3nc(-c4ccc(OC)c(OC)c4)no3)C2)cc1. The van der Waals surface area contributed by atoms with E-state index in [-0.39, 0.29) is 17.9 Å². The minimum absolute atomic E-state index is 0.0382. The predicted octanol–water partition coefficient (Wildman–Crippen LogP) is 4.88. The third-order valence-electron chi connectivity index (χ3n) is 6.89. The molecule has 0 aliphatic carbocycles. The van der Waals surface area contributed by atoms with Gasteiger partial charge in [-0.15, -0.1) is 0 Å². The Morgan fingerprint density at radius 1 is 1.08 bits per heavy atom. The molecule has 1 aliphatic rings. The second kappa shape index (κ2) is 12.8. The fraction of sp³-hybridized carbons (Fsp3) is 0.483. The van der Waals surface area contributed by atoms with Gasteiger partial charge in [-0.3, -0.25) is 9.69 Å². The van der Waals surface area contributed by atoms with Gasteiger partial charge in [0.25, 0.3) is 0 Å². The third kappa shape index (κ3) is 6.83. The molecule has 204 valence electrons. The average molecular weight is 523 g/mol. The number of nitrogens with one attached hydrogen (secondary N) is 1. The second-order valence-corrected chi connectivity index (χ2v) is 10.1. The Kier molecular flexibility index (Phi) is 9.23. The molecule has 0 bridgehead atoms. The Labute approximate surface area is 224 Å². The maximum atomic E-state index is 13.4. The van der Waals surface area contributed by atoms with Crippen LogP contribution in [-0.4, -0.2) is 55.4 Å². The number of nitrogens with zero attached hydrogens (tertiary/aromatic N) is 3. The second-order valence-electron chi connectivity index (χ2n) is 10.1. The number of hydrogen-bond acceptors (Lipinski definition) is 8. The summed E-state index contributed by atoms with van der Waals surface area (Å²) in [4.78, 5) is 20.1. The number of amides is 1. The highest BCUT2D eigenvalue weighted by molar-refractivity contribution is 5.79. The summed E-state index contributed by atoms with van der Waals surface area (Å²) in [5.74, 6) is 3.50. The van der Waals surface area contributed by atoms with E-state index in [0.717, 1.165) is 42.7 Å². The monoisotopic (exact) mass is 522 g/mol. The Hall–Kier alpha value is -3.59. The summed E-state index contributed by atoms with van der Waals surface area (Å²) in [5, 5.41) is 7.47. The number of aromatic nitrogens is 2. The normalized spacial score (nSPS) is 16.7. The summed E-state index contributed by atoms with van der Waals surface area (Å²) in [5.41, 5.74) is 1.87. The van der Waals surface area contributed by atoms with Gasteiger partial charge in [-0.25, -0.2) is 0 Å². The third-order valence-corrected chi connectivity index (χ3v) is 6.89. The zero-order valence-corrected chi connectivity index (χ0v) is 22.9. The first kappa shape index (κ1) is 27.4. The largest absolute Gasteiger partial charge is 0.497 e. The minimum atomic E-state index is -0.0927. The number of rotatable bonds is 11. The van der Waals surface area contributed by atoms with Crippen molar-refractivity contribution in [2.45, 2.75) is 45.7 Å². The van der Waals surface area contributed by atoms with E-state index in [0.29, 0.717) is 42.2 Å². The number of benzene rings is 2. The first-order chi connectivity index (χ1) is 18.4. The van der Waals surface area contributed by atoms with Gasteiger partial charge >= 0.3 is 0 Å². The van der Waals surface area contributed by atoms with Crippen LogP contribution in [0.5, 0.6) is 17.2 Å². The van der Waals surface area contributed by atoms with Crippen molar-refractivity contribution in [3.63, 3.8) is 0 Å². The highest BCUT2D eigenvalue weighted by atomic mass is 16.5. The number of ether oxygens (including phenoxy) is 3. The lowest BCUT2D eigenvalue weighted by Gasteiger charge is -2.32. The van der Waals surface area contributed by atoms with Gasteiger partial charge in [0.15, 0.2) is 11.5 Å². The van der Waals surface area contributed by atoms with Gasteiger partial charge in [0.2, 0.25) is 17.6 Å². The van der Waals surface area contributed by atoms with Gasteiger partial charge in [-0.05, 0) is 67.6 Å². The van der Waals surface area contributed by atoms with Crippen LogP contribution in [0, 0.1) is 11.8 Å². The van der Waals surface area contributed by atoms with Crippen molar-refractivity contribution in [2.75, 3.05) is 34.4 Å². The molecule has 1 aliphatic heterocycles. The summed E-state index contributed by atoms with van der Waals surface area (Å²) in [6, 6.07) is 13.4. The van der Waals surface area contributed by atoms with Crippen molar-refractivity contribution in [1.29, 1.82) is 0 Å². The number of carbonyl (C=O) groups is 1. The fourth-order valence-corrected chi connectivity index (χ4v) is 4.89. The van der Waals surface area contributed by atoms with Gasteiger partial charge in [-0.2, -0.15) is 4.98 Å². The summed E-state index contributed by atoms with van der Waals surface area (Å²) in [7, 11) is 4.84. The molecule has 38 heavy (non-hydrogen) atoms. The molecule has 4 rings (SSSR count). The molecule has 0 radical (unpaired) electrons. The molecule has 2 atom stereocenters. The van der Waals surface area contributed by atoms with Crippen LogP contribution in [0.3, 0.4) is 0 Å². The Morgan fingerprint density at radius 3 is 2.53 bits per heavy atom. The van der Waals surface area contributed by atoms with E-state index in [4.69, 9.17) is 18.7 Å². The maximum absolute atomic E-state index is 13.4. The van der Waals surface area contributed by atoms with Crippen molar-refractivity contribution in [3.8, 4) is 28.6 Å². The molecule has 2 heterocycles. The number of methoxy groups -OCH3 is 3. The topological polar surface area (TPSA) is 99.0 Å². The van der Waals surface area contributed by atoms with Crippen molar-refractivity contribution in [2.24, 2.45) is 11.8 Å². The highest BCUT2D eigenvalue weighted by Crippen LogP contribution is 2.31. The van der Waals surface area contributed by atoms with E-state index >= 15 is 0 Å². The van der Waals surface area contributed by atoms with Crippen LogP contribution in [0.25, 0.3) is 11.4 Å². The molecule has 9 nitrogen and oxygen atoms in total. The molecule has 1 amide bonds. The van der Waals surface area contributed by atoms with Crippen molar-refractivity contribution >= 4 is 5.91 Å². The van der Waals surface area contributed by atoms with Gasteiger partial charge in [0, 0.05) is 12.1 Å². The van der Waals surface area contributed by atoms with E-state index in [2.05, 4.69) is 34.2 Å². The minimum Gasteiger partial charge on any atom is -0.497 e.